The van der Waals surface area contributed by atoms with Crippen LogP contribution in [0, 0.1) is 6.92 Å². The molecular formula is C15H16N4O. The molecule has 5 heteroatoms. The van der Waals surface area contributed by atoms with E-state index in [0.29, 0.717) is 11.6 Å². The zero-order valence-electron chi connectivity index (χ0n) is 11.2. The number of aromatic nitrogens is 2. The van der Waals surface area contributed by atoms with Gasteiger partial charge in [-0.25, -0.2) is 4.98 Å². The van der Waals surface area contributed by atoms with Crippen LogP contribution in [0.1, 0.15) is 23.2 Å². The fraction of sp³-hybridized carbons (Fsp3) is 0.200. The number of nitrogens with one attached hydrogen (secondary N) is 3. The highest BCUT2D eigenvalue weighted by atomic mass is 16.1. The first kappa shape index (κ1) is 12.5. The third-order valence-corrected chi connectivity index (χ3v) is 3.26. The third-order valence-electron chi connectivity index (χ3n) is 3.26. The van der Waals surface area contributed by atoms with Crippen molar-refractivity contribution < 1.29 is 0 Å². The van der Waals surface area contributed by atoms with Crippen LogP contribution in [0.3, 0.4) is 0 Å². The molecule has 5 nitrogen and oxygen atoms in total. The summed E-state index contributed by atoms with van der Waals surface area (Å²) in [5.74, 6) is 0.426. The van der Waals surface area contributed by atoms with E-state index in [0.717, 1.165) is 18.5 Å². The first-order valence-corrected chi connectivity index (χ1v) is 6.59. The molecule has 102 valence electrons. The summed E-state index contributed by atoms with van der Waals surface area (Å²) in [5.41, 5.74) is 10.2. The average molecular weight is 268 g/mol. The van der Waals surface area contributed by atoms with Gasteiger partial charge in [-0.3, -0.25) is 15.2 Å². The number of hydrogen-bond acceptors (Lipinski definition) is 4. The number of benzene rings is 1. The van der Waals surface area contributed by atoms with Gasteiger partial charge in [-0.2, -0.15) is 0 Å². The van der Waals surface area contributed by atoms with Crippen molar-refractivity contribution in [3.63, 3.8) is 0 Å². The van der Waals surface area contributed by atoms with E-state index in [4.69, 9.17) is 0 Å². The summed E-state index contributed by atoms with van der Waals surface area (Å²) in [5, 5.41) is 0. The van der Waals surface area contributed by atoms with Crippen LogP contribution in [0.25, 0.3) is 6.08 Å². The Morgan fingerprint density at radius 2 is 2.05 bits per heavy atom. The van der Waals surface area contributed by atoms with E-state index in [2.05, 4.69) is 45.1 Å². The second kappa shape index (κ2) is 5.21. The van der Waals surface area contributed by atoms with Gasteiger partial charge in [0.1, 0.15) is 0 Å². The van der Waals surface area contributed by atoms with Gasteiger partial charge in [0, 0.05) is 17.5 Å². The molecule has 0 atom stereocenters. The Kier molecular flexibility index (Phi) is 3.25. The Balaban J connectivity index is 1.73. The molecule has 0 radical (unpaired) electrons. The zero-order chi connectivity index (χ0) is 13.9. The number of allylic oxidation sites excluding steroid dienone is 1. The largest absolute Gasteiger partial charge is 0.303 e. The second-order valence-corrected chi connectivity index (χ2v) is 4.85. The number of hydrazine groups is 1. The summed E-state index contributed by atoms with van der Waals surface area (Å²) in [6.07, 6.45) is 4.05. The van der Waals surface area contributed by atoms with Crippen molar-refractivity contribution in [1.82, 2.24) is 15.4 Å². The van der Waals surface area contributed by atoms with Crippen molar-refractivity contribution in [2.24, 2.45) is 0 Å². The van der Waals surface area contributed by atoms with Crippen LogP contribution < -0.4 is 16.4 Å². The topological polar surface area (TPSA) is 69.8 Å². The van der Waals surface area contributed by atoms with Gasteiger partial charge in [0.25, 0.3) is 5.56 Å². The number of aromatic amines is 1. The van der Waals surface area contributed by atoms with Crippen LogP contribution >= 0.6 is 0 Å². The fourth-order valence-corrected chi connectivity index (χ4v) is 2.31. The Bertz CT molecular complexity index is 718. The van der Waals surface area contributed by atoms with E-state index in [1.165, 1.54) is 17.2 Å². The lowest BCUT2D eigenvalue weighted by Crippen LogP contribution is -2.25. The van der Waals surface area contributed by atoms with Gasteiger partial charge in [-0.1, -0.05) is 24.3 Å². The number of aryl methyl sites for hydroxylation is 2. The molecule has 3 rings (SSSR count). The summed E-state index contributed by atoms with van der Waals surface area (Å²) in [6.45, 7) is 1.79. The maximum Gasteiger partial charge on any atom is 0.252 e. The summed E-state index contributed by atoms with van der Waals surface area (Å²) in [6, 6.07) is 9.80. The fourth-order valence-electron chi connectivity index (χ4n) is 2.31. The molecule has 0 fully saturated rings. The van der Waals surface area contributed by atoms with Crippen LogP contribution in [0.5, 0.6) is 0 Å². The predicted octanol–water partition coefficient (Wildman–Crippen LogP) is 1.98. The van der Waals surface area contributed by atoms with Crippen LogP contribution in [0.2, 0.25) is 0 Å². The molecule has 0 bridgehead atoms. The number of anilines is 1. The molecule has 0 aliphatic heterocycles. The lowest BCUT2D eigenvalue weighted by atomic mass is 9.96. The molecule has 1 heterocycles. The summed E-state index contributed by atoms with van der Waals surface area (Å²) in [7, 11) is 0. The SMILES string of the molecule is Cc1cc(=O)[nH]c(NNC2=Cc3ccccc3CC2)n1. The van der Waals surface area contributed by atoms with E-state index >= 15 is 0 Å². The average Bonchev–Trinajstić information content (AvgIpc) is 2.44. The van der Waals surface area contributed by atoms with Crippen LogP contribution in [-0.4, -0.2) is 9.97 Å². The summed E-state index contributed by atoms with van der Waals surface area (Å²) in [4.78, 5) is 18.2. The molecule has 20 heavy (non-hydrogen) atoms. The third kappa shape index (κ3) is 2.71. The van der Waals surface area contributed by atoms with Crippen molar-refractivity contribution >= 4 is 12.0 Å². The van der Waals surface area contributed by atoms with Crippen molar-refractivity contribution in [3.8, 4) is 0 Å². The number of H-pyrrole nitrogens is 1. The highest BCUT2D eigenvalue weighted by molar-refractivity contribution is 5.59. The van der Waals surface area contributed by atoms with Gasteiger partial charge in [0.05, 0.1) is 0 Å². The van der Waals surface area contributed by atoms with Gasteiger partial charge in [-0.05, 0) is 37.0 Å². The van der Waals surface area contributed by atoms with Gasteiger partial charge >= 0.3 is 0 Å². The quantitative estimate of drug-likeness (QED) is 0.744. The van der Waals surface area contributed by atoms with Crippen molar-refractivity contribution in [2.45, 2.75) is 19.8 Å². The highest BCUT2D eigenvalue weighted by Gasteiger charge is 2.09. The lowest BCUT2D eigenvalue weighted by Gasteiger charge is -2.18. The van der Waals surface area contributed by atoms with Gasteiger partial charge in [0.2, 0.25) is 5.95 Å². The van der Waals surface area contributed by atoms with Gasteiger partial charge in [-0.15, -0.1) is 0 Å². The number of fused-ring (bicyclic) bond motifs is 1. The molecule has 0 amide bonds. The molecule has 0 saturated heterocycles. The van der Waals surface area contributed by atoms with Gasteiger partial charge in [0.15, 0.2) is 0 Å². The normalized spacial score (nSPS) is 13.3. The van der Waals surface area contributed by atoms with E-state index in [1.807, 2.05) is 6.07 Å². The molecule has 1 aromatic heterocycles. The number of rotatable bonds is 3. The van der Waals surface area contributed by atoms with Crippen LogP contribution in [-0.2, 0) is 6.42 Å². The Labute approximate surface area is 116 Å². The zero-order valence-corrected chi connectivity index (χ0v) is 11.2. The van der Waals surface area contributed by atoms with Crippen molar-refractivity contribution in [2.75, 3.05) is 5.43 Å². The van der Waals surface area contributed by atoms with E-state index in [9.17, 15) is 4.79 Å². The second-order valence-electron chi connectivity index (χ2n) is 4.85. The summed E-state index contributed by atoms with van der Waals surface area (Å²) >= 11 is 0. The maximum atomic E-state index is 11.3. The van der Waals surface area contributed by atoms with Crippen LogP contribution in [0.4, 0.5) is 5.95 Å². The van der Waals surface area contributed by atoms with Crippen molar-refractivity contribution in [3.05, 3.63) is 63.2 Å². The summed E-state index contributed by atoms with van der Waals surface area (Å²) < 4.78 is 0. The molecule has 3 N–H and O–H groups in total. The standard InChI is InChI=1S/C15H16N4O/c1-10-8-14(20)17-15(16-10)19-18-13-7-6-11-4-2-3-5-12(11)9-13/h2-5,8-9,18H,6-7H2,1H3,(H2,16,17,19,20). The van der Waals surface area contributed by atoms with Crippen molar-refractivity contribution in [1.29, 1.82) is 0 Å². The molecular weight excluding hydrogens is 252 g/mol. The highest BCUT2D eigenvalue weighted by Crippen LogP contribution is 2.21. The maximum absolute atomic E-state index is 11.3. The lowest BCUT2D eigenvalue weighted by molar-refractivity contribution is 0.808. The predicted molar refractivity (Wildman–Crippen MR) is 79.1 cm³/mol. The first-order valence-electron chi connectivity index (χ1n) is 6.59. The Morgan fingerprint density at radius 3 is 2.90 bits per heavy atom. The Morgan fingerprint density at radius 1 is 1.20 bits per heavy atom. The minimum absolute atomic E-state index is 0.162. The number of hydrogen-bond donors (Lipinski definition) is 3. The monoisotopic (exact) mass is 268 g/mol. The van der Waals surface area contributed by atoms with Crippen LogP contribution in [0.15, 0.2) is 40.8 Å². The minimum Gasteiger partial charge on any atom is -0.303 e. The molecule has 0 unspecified atom stereocenters. The Hall–Kier alpha value is -2.56. The molecule has 1 aliphatic rings. The smallest absolute Gasteiger partial charge is 0.252 e. The molecule has 0 saturated carbocycles. The minimum atomic E-state index is -0.162. The first-order chi connectivity index (χ1) is 9.70. The molecule has 1 aromatic carbocycles. The molecule has 2 aromatic rings. The van der Waals surface area contributed by atoms with E-state index in [-0.39, 0.29) is 5.56 Å². The number of nitrogens with zero attached hydrogens (tertiary/aromatic N) is 1. The van der Waals surface area contributed by atoms with E-state index in [1.54, 1.807) is 6.92 Å². The van der Waals surface area contributed by atoms with E-state index < -0.39 is 0 Å². The molecule has 0 spiro atoms. The van der Waals surface area contributed by atoms with Gasteiger partial charge < -0.3 is 5.43 Å². The molecule has 1 aliphatic carbocycles.